The number of hydrogen-bond acceptors (Lipinski definition) is 3. The zero-order valence-corrected chi connectivity index (χ0v) is 28.1. The summed E-state index contributed by atoms with van der Waals surface area (Å²) in [6.45, 7) is 9.89. The van der Waals surface area contributed by atoms with Gasteiger partial charge in [0.2, 0.25) is 0 Å². The molecule has 7 aromatic rings. The molecule has 0 amide bonds. The number of imidazole rings is 1. The third-order valence-electron chi connectivity index (χ3n) is 7.21. The Morgan fingerprint density at radius 1 is 0.905 bits per heavy atom. The number of fused-ring (bicyclic) bond motifs is 4. The number of para-hydroxylation sites is 2. The topological polar surface area (TPSA) is 30.7 Å². The van der Waals surface area contributed by atoms with Crippen LogP contribution in [0.15, 0.2) is 97.2 Å². The Balaban J connectivity index is 0.000000181. The van der Waals surface area contributed by atoms with E-state index in [-0.39, 0.29) is 25.9 Å². The van der Waals surface area contributed by atoms with Crippen molar-refractivity contribution in [2.24, 2.45) is 0 Å². The van der Waals surface area contributed by atoms with E-state index in [0.29, 0.717) is 5.39 Å². The molecule has 0 bridgehead atoms. The number of halogens is 1. The SMILES string of the molecule is CCn1c(-c2[c-]cc(F)c3c2sc2ccccc23)nc2ccccc21.C[Si](C)(C)c1ccc(-c2[c-]cccc2)nc1.[Ir]. The number of aryl methyl sites for hydroxylation is 1. The Kier molecular flexibility index (Phi) is 8.85. The van der Waals surface area contributed by atoms with Crippen LogP contribution < -0.4 is 5.19 Å². The van der Waals surface area contributed by atoms with Crippen LogP contribution in [0.1, 0.15) is 6.92 Å². The summed E-state index contributed by atoms with van der Waals surface area (Å²) in [6.07, 6.45) is 2.02. The van der Waals surface area contributed by atoms with Gasteiger partial charge in [0.05, 0.1) is 24.9 Å². The average Bonchev–Trinajstić information content (AvgIpc) is 3.57. The first-order chi connectivity index (χ1) is 19.8. The molecule has 0 unspecified atom stereocenters. The molecule has 3 aromatic heterocycles. The first kappa shape index (κ1) is 30.0. The minimum atomic E-state index is -1.23. The molecule has 0 aliphatic heterocycles. The maximum absolute atomic E-state index is 14.6. The zero-order chi connectivity index (χ0) is 28.6. The van der Waals surface area contributed by atoms with E-state index in [0.717, 1.165) is 55.0 Å². The minimum Gasteiger partial charge on any atom is -0.364 e. The predicted molar refractivity (Wildman–Crippen MR) is 174 cm³/mol. The molecule has 0 aliphatic carbocycles. The van der Waals surface area contributed by atoms with Crippen molar-refractivity contribution >= 4 is 55.8 Å². The maximum atomic E-state index is 14.6. The van der Waals surface area contributed by atoms with Crippen LogP contribution in [0, 0.1) is 17.9 Å². The molecule has 42 heavy (non-hydrogen) atoms. The van der Waals surface area contributed by atoms with Crippen molar-refractivity contribution in [3.63, 3.8) is 0 Å². The van der Waals surface area contributed by atoms with Gasteiger partial charge in [-0.3, -0.25) is 9.37 Å². The van der Waals surface area contributed by atoms with Gasteiger partial charge < -0.3 is 9.55 Å². The largest absolute Gasteiger partial charge is 0.364 e. The van der Waals surface area contributed by atoms with Crippen LogP contribution in [0.5, 0.6) is 0 Å². The van der Waals surface area contributed by atoms with Crippen LogP contribution in [0.25, 0.3) is 53.9 Å². The first-order valence-electron chi connectivity index (χ1n) is 13.8. The van der Waals surface area contributed by atoms with Crippen LogP contribution in [-0.4, -0.2) is 22.6 Å². The van der Waals surface area contributed by atoms with Crippen molar-refractivity contribution in [2.45, 2.75) is 33.1 Å². The number of pyridine rings is 1. The fraction of sp³-hybridized carbons (Fsp3) is 0.143. The third-order valence-corrected chi connectivity index (χ3v) is 10.4. The van der Waals surface area contributed by atoms with E-state index in [4.69, 9.17) is 4.98 Å². The number of nitrogens with zero attached hydrogens (tertiary/aromatic N) is 3. The Morgan fingerprint density at radius 3 is 2.38 bits per heavy atom. The molecule has 213 valence electrons. The van der Waals surface area contributed by atoms with Crippen LogP contribution in [0.4, 0.5) is 4.39 Å². The second kappa shape index (κ2) is 12.4. The summed E-state index contributed by atoms with van der Waals surface area (Å²) < 4.78 is 18.7. The van der Waals surface area contributed by atoms with Gasteiger partial charge in [-0.1, -0.05) is 67.7 Å². The van der Waals surface area contributed by atoms with E-state index in [2.05, 4.69) is 66.4 Å². The summed E-state index contributed by atoms with van der Waals surface area (Å²) in [6, 6.07) is 36.1. The van der Waals surface area contributed by atoms with Crippen LogP contribution >= 0.6 is 11.3 Å². The molecule has 0 atom stereocenters. The normalized spacial score (nSPS) is 11.4. The van der Waals surface area contributed by atoms with Crippen LogP contribution in [0.2, 0.25) is 19.6 Å². The second-order valence-corrected chi connectivity index (χ2v) is 17.1. The van der Waals surface area contributed by atoms with Crippen molar-refractivity contribution in [3.05, 3.63) is 115 Å². The molecule has 3 heterocycles. The molecule has 0 N–H and O–H groups in total. The molecule has 0 aliphatic rings. The molecule has 3 nitrogen and oxygen atoms in total. The number of benzene rings is 4. The fourth-order valence-electron chi connectivity index (χ4n) is 5.03. The molecule has 0 saturated heterocycles. The summed E-state index contributed by atoms with van der Waals surface area (Å²) >= 11 is 1.60. The van der Waals surface area contributed by atoms with Gasteiger partial charge >= 0.3 is 0 Å². The molecule has 0 spiro atoms. The number of thiophene rings is 1. The van der Waals surface area contributed by atoms with E-state index in [9.17, 15) is 4.39 Å². The standard InChI is InChI=1S/C21H14FN2S.C14H16NSi.Ir/c1-2-24-17-9-5-4-8-16(17)23-21(24)14-11-12-15(22)19-13-7-3-6-10-18(13)25-20(14)19;1-16(2,3)13-9-10-14(15-11-13)12-7-5-4-6-8-12;/h3-10,12H,2H2,1H3;4-7,9-11H,1-3H3;/q2*-1;. The van der Waals surface area contributed by atoms with Gasteiger partial charge in [-0.25, -0.2) is 0 Å². The molecular weight excluding hydrogens is 734 g/mol. The van der Waals surface area contributed by atoms with E-state index < -0.39 is 8.07 Å². The van der Waals surface area contributed by atoms with Gasteiger partial charge in [0.15, 0.2) is 0 Å². The molecule has 0 fully saturated rings. The van der Waals surface area contributed by atoms with Crippen molar-refractivity contribution in [2.75, 3.05) is 0 Å². The fourth-order valence-corrected chi connectivity index (χ4v) is 7.28. The first-order valence-corrected chi connectivity index (χ1v) is 18.1. The number of hydrogen-bond donors (Lipinski definition) is 0. The third kappa shape index (κ3) is 5.75. The monoisotopic (exact) mass is 764 g/mol. The van der Waals surface area contributed by atoms with E-state index in [1.807, 2.05) is 72.9 Å². The average molecular weight is 764 g/mol. The molecule has 4 aromatic carbocycles. The van der Waals surface area contributed by atoms with Gasteiger partial charge in [0, 0.05) is 43.4 Å². The maximum Gasteiger partial charge on any atom is 0.0795 e. The summed E-state index contributed by atoms with van der Waals surface area (Å²) in [5.41, 5.74) is 4.97. The van der Waals surface area contributed by atoms with Gasteiger partial charge in [0.1, 0.15) is 0 Å². The number of aromatic nitrogens is 3. The van der Waals surface area contributed by atoms with Gasteiger partial charge in [-0.05, 0) is 51.5 Å². The van der Waals surface area contributed by atoms with E-state index in [1.54, 1.807) is 11.3 Å². The van der Waals surface area contributed by atoms with Crippen molar-refractivity contribution in [1.29, 1.82) is 0 Å². The van der Waals surface area contributed by atoms with Gasteiger partial charge in [0.25, 0.3) is 0 Å². The Hall–Kier alpha value is -3.48. The molecule has 7 rings (SSSR count). The minimum absolute atomic E-state index is 0. The van der Waals surface area contributed by atoms with E-state index >= 15 is 0 Å². The van der Waals surface area contributed by atoms with Crippen molar-refractivity contribution < 1.29 is 24.5 Å². The smallest absolute Gasteiger partial charge is 0.0795 e. The van der Waals surface area contributed by atoms with E-state index in [1.165, 1.54) is 11.3 Å². The van der Waals surface area contributed by atoms with Crippen molar-refractivity contribution in [3.8, 4) is 22.6 Å². The molecule has 1 radical (unpaired) electrons. The predicted octanol–water partition coefficient (Wildman–Crippen LogP) is 9.12. The van der Waals surface area contributed by atoms with Crippen molar-refractivity contribution in [1.82, 2.24) is 14.5 Å². The number of rotatable bonds is 4. The molecular formula is C35H30FIrN3SSi-2. The summed E-state index contributed by atoms with van der Waals surface area (Å²) in [7, 11) is -1.23. The Bertz CT molecular complexity index is 1980. The van der Waals surface area contributed by atoms with Crippen LogP contribution in [-0.2, 0) is 26.7 Å². The van der Waals surface area contributed by atoms with Gasteiger partial charge in [-0.2, -0.15) is 11.3 Å². The molecule has 7 heteroatoms. The zero-order valence-electron chi connectivity index (χ0n) is 23.9. The summed E-state index contributed by atoms with van der Waals surface area (Å²) in [5, 5.41) is 3.02. The van der Waals surface area contributed by atoms with Gasteiger partial charge in [-0.15, -0.1) is 48.0 Å². The Labute approximate surface area is 264 Å². The second-order valence-electron chi connectivity index (χ2n) is 10.9. The Morgan fingerprint density at radius 2 is 1.67 bits per heavy atom. The quantitative estimate of drug-likeness (QED) is 0.132. The molecule has 0 saturated carbocycles. The summed E-state index contributed by atoms with van der Waals surface area (Å²) in [4.78, 5) is 9.34. The summed E-state index contributed by atoms with van der Waals surface area (Å²) in [5.74, 6) is 0.621. The van der Waals surface area contributed by atoms with Crippen LogP contribution in [0.3, 0.4) is 0 Å².